The molecule has 1 fully saturated rings. The largest absolute Gasteiger partial charge is 0.324 e. The van der Waals surface area contributed by atoms with Gasteiger partial charge in [0.2, 0.25) is 0 Å². The number of aromatic nitrogens is 1. The van der Waals surface area contributed by atoms with Crippen molar-refractivity contribution in [1.82, 2.24) is 14.8 Å². The third-order valence-corrected chi connectivity index (χ3v) is 5.46. The number of nitriles is 1. The number of carbonyl (C=O) groups is 2. The van der Waals surface area contributed by atoms with Gasteiger partial charge in [-0.1, -0.05) is 36.4 Å². The molecule has 1 aromatic carbocycles. The predicted octanol–water partition coefficient (Wildman–Crippen LogP) is 2.11. The first kappa shape index (κ1) is 18.7. The summed E-state index contributed by atoms with van der Waals surface area (Å²) >= 11 is 0. The average molecular weight is 388 g/mol. The highest BCUT2D eigenvalue weighted by atomic mass is 16.2. The van der Waals surface area contributed by atoms with Crippen LogP contribution in [0.2, 0.25) is 0 Å². The number of likely N-dealkylation sites (tertiary alicyclic amines) is 1. The molecule has 2 atom stereocenters. The molecule has 2 aliphatic rings. The van der Waals surface area contributed by atoms with Gasteiger partial charge in [0.1, 0.15) is 11.6 Å². The molecule has 1 N–H and O–H groups in total. The van der Waals surface area contributed by atoms with E-state index in [0.29, 0.717) is 25.2 Å². The maximum absolute atomic E-state index is 12.7. The highest BCUT2D eigenvalue weighted by Gasteiger charge is 2.36. The number of benzene rings is 1. The van der Waals surface area contributed by atoms with Gasteiger partial charge in [-0.2, -0.15) is 5.26 Å². The number of imide groups is 1. The maximum atomic E-state index is 12.7. The predicted molar refractivity (Wildman–Crippen MR) is 107 cm³/mol. The molecular weight excluding hydrogens is 368 g/mol. The lowest BCUT2D eigenvalue weighted by molar-refractivity contribution is -0.116. The zero-order valence-electron chi connectivity index (χ0n) is 15.7. The van der Waals surface area contributed by atoms with Gasteiger partial charge in [0, 0.05) is 37.3 Å². The van der Waals surface area contributed by atoms with Crippen LogP contribution in [0, 0.1) is 17.2 Å². The zero-order chi connectivity index (χ0) is 20.4. The fourth-order valence-corrected chi connectivity index (χ4v) is 4.17. The molecule has 0 aliphatic carbocycles. The molecule has 146 valence electrons. The molecule has 0 spiro atoms. The summed E-state index contributed by atoms with van der Waals surface area (Å²) < 4.78 is 1.79. The Bertz CT molecular complexity index is 1080. The molecule has 3 amide bonds. The van der Waals surface area contributed by atoms with Gasteiger partial charge in [-0.15, -0.1) is 0 Å². The standard InChI is InChI=1S/C22H20N4O3/c23-11-17(9-15-5-2-1-3-6-15)21(28)24-22(29)25-12-16-10-18(14-25)19-7-4-8-20(27)26(19)13-16/h1-9,16,18H,10,12-14H2,(H,24,28,29)/b17-9+/t16-,18+/m1/s1. The molecule has 2 bridgehead atoms. The van der Waals surface area contributed by atoms with Crippen LogP contribution in [-0.2, 0) is 11.3 Å². The second-order valence-electron chi connectivity index (χ2n) is 7.44. The summed E-state index contributed by atoms with van der Waals surface area (Å²) in [6.45, 7) is 1.48. The second-order valence-corrected chi connectivity index (χ2v) is 7.44. The number of amides is 3. The van der Waals surface area contributed by atoms with E-state index in [1.165, 1.54) is 6.08 Å². The van der Waals surface area contributed by atoms with E-state index >= 15 is 0 Å². The Hall–Kier alpha value is -3.66. The third kappa shape index (κ3) is 3.83. The highest BCUT2D eigenvalue weighted by Crippen LogP contribution is 2.34. The first-order valence-corrected chi connectivity index (χ1v) is 9.52. The van der Waals surface area contributed by atoms with Crippen molar-refractivity contribution in [3.05, 3.63) is 75.7 Å². The second kappa shape index (κ2) is 7.76. The normalized spacial score (nSPS) is 20.4. The van der Waals surface area contributed by atoms with Gasteiger partial charge in [0.15, 0.2) is 0 Å². The van der Waals surface area contributed by atoms with Crippen LogP contribution in [0.3, 0.4) is 0 Å². The number of nitrogens with one attached hydrogen (secondary N) is 1. The summed E-state index contributed by atoms with van der Waals surface area (Å²) in [6, 6.07) is 15.6. The van der Waals surface area contributed by atoms with E-state index in [-0.39, 0.29) is 23.0 Å². The summed E-state index contributed by atoms with van der Waals surface area (Å²) in [5.41, 5.74) is 1.49. The zero-order valence-corrected chi connectivity index (χ0v) is 15.7. The molecule has 29 heavy (non-hydrogen) atoms. The van der Waals surface area contributed by atoms with Crippen LogP contribution in [0.5, 0.6) is 0 Å². The number of nitrogens with zero attached hydrogens (tertiary/aromatic N) is 3. The number of piperidine rings is 1. The Morgan fingerprint density at radius 1 is 1.07 bits per heavy atom. The van der Waals surface area contributed by atoms with Crippen LogP contribution < -0.4 is 10.9 Å². The average Bonchev–Trinajstić information content (AvgIpc) is 2.73. The van der Waals surface area contributed by atoms with Crippen molar-refractivity contribution < 1.29 is 9.59 Å². The summed E-state index contributed by atoms with van der Waals surface area (Å²) in [4.78, 5) is 38.8. The van der Waals surface area contributed by atoms with Crippen LogP contribution in [-0.4, -0.2) is 34.5 Å². The molecule has 0 saturated carbocycles. The lowest BCUT2D eigenvalue weighted by atomic mass is 9.83. The van der Waals surface area contributed by atoms with Crippen LogP contribution in [0.1, 0.15) is 23.6 Å². The number of fused-ring (bicyclic) bond motifs is 4. The van der Waals surface area contributed by atoms with E-state index in [1.54, 1.807) is 45.9 Å². The molecule has 2 aliphatic heterocycles. The molecule has 4 rings (SSSR count). The Balaban J connectivity index is 1.47. The smallest absolute Gasteiger partial charge is 0.323 e. The molecule has 0 unspecified atom stereocenters. The lowest BCUT2D eigenvalue weighted by Crippen LogP contribution is -2.52. The number of pyridine rings is 1. The Kier molecular flexibility index (Phi) is 5.00. The first-order valence-electron chi connectivity index (χ1n) is 9.52. The summed E-state index contributed by atoms with van der Waals surface area (Å²) in [7, 11) is 0. The van der Waals surface area contributed by atoms with Gasteiger partial charge >= 0.3 is 6.03 Å². The van der Waals surface area contributed by atoms with Crippen LogP contribution in [0.25, 0.3) is 6.08 Å². The van der Waals surface area contributed by atoms with Gasteiger partial charge in [-0.05, 0) is 30.0 Å². The molecular formula is C22H20N4O3. The number of rotatable bonds is 2. The molecule has 3 heterocycles. The Morgan fingerprint density at radius 2 is 1.86 bits per heavy atom. The van der Waals surface area contributed by atoms with Crippen molar-refractivity contribution in [1.29, 1.82) is 5.26 Å². The summed E-state index contributed by atoms with van der Waals surface area (Å²) in [6.07, 6.45) is 2.37. The molecule has 7 nitrogen and oxygen atoms in total. The van der Waals surface area contributed by atoms with Crippen molar-refractivity contribution in [2.24, 2.45) is 5.92 Å². The van der Waals surface area contributed by atoms with Crippen molar-refractivity contribution >= 4 is 18.0 Å². The van der Waals surface area contributed by atoms with Gasteiger partial charge in [0.05, 0.1) is 0 Å². The van der Waals surface area contributed by atoms with Gasteiger partial charge in [-0.25, -0.2) is 4.79 Å². The minimum Gasteiger partial charge on any atom is -0.323 e. The molecule has 1 saturated heterocycles. The van der Waals surface area contributed by atoms with Gasteiger partial charge in [0.25, 0.3) is 11.5 Å². The lowest BCUT2D eigenvalue weighted by Gasteiger charge is -2.42. The number of urea groups is 1. The molecule has 1 aromatic heterocycles. The van der Waals surface area contributed by atoms with Crippen LogP contribution in [0.15, 0.2) is 58.9 Å². The fraction of sp³-hybridized carbons (Fsp3) is 0.273. The number of hydrogen-bond donors (Lipinski definition) is 1. The van der Waals surface area contributed by atoms with Gasteiger partial charge < -0.3 is 9.47 Å². The Labute approximate surface area is 167 Å². The van der Waals surface area contributed by atoms with E-state index in [1.807, 2.05) is 18.2 Å². The van der Waals surface area contributed by atoms with E-state index in [4.69, 9.17) is 0 Å². The van der Waals surface area contributed by atoms with E-state index < -0.39 is 11.9 Å². The van der Waals surface area contributed by atoms with Crippen LogP contribution in [0.4, 0.5) is 4.79 Å². The van der Waals surface area contributed by atoms with Crippen LogP contribution >= 0.6 is 0 Å². The fourth-order valence-electron chi connectivity index (χ4n) is 4.17. The van der Waals surface area contributed by atoms with Crippen molar-refractivity contribution in [3.63, 3.8) is 0 Å². The minimum atomic E-state index is -0.714. The van der Waals surface area contributed by atoms with Crippen molar-refractivity contribution in [3.8, 4) is 6.07 Å². The maximum Gasteiger partial charge on any atom is 0.324 e. The van der Waals surface area contributed by atoms with Crippen molar-refractivity contribution in [2.75, 3.05) is 13.1 Å². The summed E-state index contributed by atoms with van der Waals surface area (Å²) in [5.74, 6) is -0.487. The quantitative estimate of drug-likeness (QED) is 0.630. The highest BCUT2D eigenvalue weighted by molar-refractivity contribution is 6.08. The van der Waals surface area contributed by atoms with Crippen molar-refractivity contribution in [2.45, 2.75) is 18.9 Å². The molecule has 0 radical (unpaired) electrons. The van der Waals surface area contributed by atoms with E-state index in [2.05, 4.69) is 5.32 Å². The Morgan fingerprint density at radius 3 is 2.62 bits per heavy atom. The number of hydrogen-bond acceptors (Lipinski definition) is 4. The monoisotopic (exact) mass is 388 g/mol. The number of carbonyl (C=O) groups excluding carboxylic acids is 2. The SMILES string of the molecule is N#C/C(=C\c1ccccc1)C(=O)NC(=O)N1C[C@H]2C[C@@H](C1)c1cccc(=O)n1C2. The first-order chi connectivity index (χ1) is 14.0. The minimum absolute atomic E-state index is 0.0185. The topological polar surface area (TPSA) is 95.2 Å². The summed E-state index contributed by atoms with van der Waals surface area (Å²) in [5, 5.41) is 11.6. The third-order valence-electron chi connectivity index (χ3n) is 5.46. The molecule has 2 aromatic rings. The van der Waals surface area contributed by atoms with E-state index in [9.17, 15) is 19.6 Å². The van der Waals surface area contributed by atoms with Gasteiger partial charge in [-0.3, -0.25) is 14.9 Å². The van der Waals surface area contributed by atoms with E-state index in [0.717, 1.165) is 12.1 Å². The molecule has 7 heteroatoms.